The Kier molecular flexibility index (Phi) is 3.49. The molecule has 1 fully saturated rings. The first-order valence-electron chi connectivity index (χ1n) is 6.35. The van der Waals surface area contributed by atoms with Gasteiger partial charge in [0, 0.05) is 0 Å². The van der Waals surface area contributed by atoms with Gasteiger partial charge in [0.05, 0.1) is 5.38 Å². The summed E-state index contributed by atoms with van der Waals surface area (Å²) < 4.78 is 13.6. The highest BCUT2D eigenvalue weighted by Crippen LogP contribution is 2.50. The van der Waals surface area contributed by atoms with Gasteiger partial charge in [-0.05, 0) is 48.8 Å². The van der Waals surface area contributed by atoms with Gasteiger partial charge in [0.2, 0.25) is 0 Å². The van der Waals surface area contributed by atoms with E-state index < -0.39 is 0 Å². The van der Waals surface area contributed by atoms with Crippen LogP contribution in [0.15, 0.2) is 12.1 Å². The van der Waals surface area contributed by atoms with Gasteiger partial charge in [-0.25, -0.2) is 4.39 Å². The minimum absolute atomic E-state index is 0.00278. The number of halogens is 2. The van der Waals surface area contributed by atoms with Crippen LogP contribution in [0.2, 0.25) is 0 Å². The molecular weight excluding hydrogens is 235 g/mol. The lowest BCUT2D eigenvalue weighted by molar-refractivity contribution is 0.321. The molecule has 0 saturated heterocycles. The van der Waals surface area contributed by atoms with Crippen LogP contribution in [0.25, 0.3) is 0 Å². The number of rotatable bonds is 2. The summed E-state index contributed by atoms with van der Waals surface area (Å²) in [6.45, 7) is 5.88. The van der Waals surface area contributed by atoms with E-state index in [4.69, 9.17) is 11.6 Å². The number of benzene rings is 1. The van der Waals surface area contributed by atoms with Gasteiger partial charge in [-0.1, -0.05) is 31.9 Å². The summed E-state index contributed by atoms with van der Waals surface area (Å²) in [6.07, 6.45) is 4.88. The van der Waals surface area contributed by atoms with E-state index in [2.05, 4.69) is 6.92 Å². The van der Waals surface area contributed by atoms with Crippen LogP contribution in [0.1, 0.15) is 54.7 Å². The standard InChI is InChI=1S/C15H20ClF/c1-10-8-12(9-11(2)13(10)17)14(16)15(3)6-4-5-7-15/h8-9,14H,4-7H2,1-3H3. The van der Waals surface area contributed by atoms with Crippen molar-refractivity contribution in [2.24, 2.45) is 5.41 Å². The van der Waals surface area contributed by atoms with Crippen molar-refractivity contribution >= 4 is 11.6 Å². The Morgan fingerprint density at radius 3 is 2.12 bits per heavy atom. The van der Waals surface area contributed by atoms with Gasteiger partial charge >= 0.3 is 0 Å². The molecule has 1 saturated carbocycles. The van der Waals surface area contributed by atoms with Crippen LogP contribution in [0.5, 0.6) is 0 Å². The summed E-state index contributed by atoms with van der Waals surface area (Å²) >= 11 is 6.63. The van der Waals surface area contributed by atoms with Crippen molar-refractivity contribution in [3.05, 3.63) is 34.6 Å². The van der Waals surface area contributed by atoms with Crippen molar-refractivity contribution in [1.82, 2.24) is 0 Å². The fraction of sp³-hybridized carbons (Fsp3) is 0.600. The van der Waals surface area contributed by atoms with Crippen LogP contribution in [0.3, 0.4) is 0 Å². The van der Waals surface area contributed by atoms with Crippen LogP contribution >= 0.6 is 11.6 Å². The van der Waals surface area contributed by atoms with Crippen LogP contribution < -0.4 is 0 Å². The fourth-order valence-electron chi connectivity index (χ4n) is 2.96. The second kappa shape index (κ2) is 4.61. The molecule has 17 heavy (non-hydrogen) atoms. The monoisotopic (exact) mass is 254 g/mol. The van der Waals surface area contributed by atoms with E-state index in [9.17, 15) is 4.39 Å². The second-order valence-electron chi connectivity index (χ2n) is 5.69. The zero-order valence-electron chi connectivity index (χ0n) is 10.8. The lowest BCUT2D eigenvalue weighted by Gasteiger charge is -2.30. The van der Waals surface area contributed by atoms with Crippen LogP contribution in [-0.2, 0) is 0 Å². The first-order chi connectivity index (χ1) is 7.94. The maximum Gasteiger partial charge on any atom is 0.129 e. The van der Waals surface area contributed by atoms with Gasteiger partial charge < -0.3 is 0 Å². The normalized spacial score (nSPS) is 20.5. The third-order valence-electron chi connectivity index (χ3n) is 4.11. The maximum absolute atomic E-state index is 13.6. The zero-order chi connectivity index (χ0) is 12.6. The molecule has 0 bridgehead atoms. The van der Waals surface area contributed by atoms with Gasteiger partial charge in [-0.3, -0.25) is 0 Å². The van der Waals surface area contributed by atoms with Crippen molar-refractivity contribution in [3.63, 3.8) is 0 Å². The molecule has 0 heterocycles. The van der Waals surface area contributed by atoms with Crippen LogP contribution in [0, 0.1) is 25.1 Å². The molecule has 0 spiro atoms. The van der Waals surface area contributed by atoms with Crippen molar-refractivity contribution in [2.45, 2.75) is 51.8 Å². The molecule has 1 unspecified atom stereocenters. The Morgan fingerprint density at radius 2 is 1.65 bits per heavy atom. The molecule has 94 valence electrons. The Morgan fingerprint density at radius 1 is 1.18 bits per heavy atom. The first-order valence-corrected chi connectivity index (χ1v) is 6.78. The van der Waals surface area contributed by atoms with Crippen LogP contribution in [0.4, 0.5) is 4.39 Å². The van der Waals surface area contributed by atoms with E-state index in [1.165, 1.54) is 25.7 Å². The number of alkyl halides is 1. The van der Waals surface area contributed by atoms with Gasteiger partial charge in [0.15, 0.2) is 0 Å². The molecular formula is C15H20ClF. The molecule has 0 N–H and O–H groups in total. The summed E-state index contributed by atoms with van der Waals surface area (Å²) in [7, 11) is 0. The van der Waals surface area contributed by atoms with Crippen molar-refractivity contribution < 1.29 is 4.39 Å². The predicted octanol–water partition coefficient (Wildman–Crippen LogP) is 5.30. The fourth-order valence-corrected chi connectivity index (χ4v) is 3.31. The minimum Gasteiger partial charge on any atom is -0.206 e. The molecule has 0 amide bonds. The molecule has 1 aliphatic carbocycles. The van der Waals surface area contributed by atoms with E-state index in [0.29, 0.717) is 11.1 Å². The van der Waals surface area contributed by atoms with Gasteiger partial charge in [-0.2, -0.15) is 0 Å². The highest BCUT2D eigenvalue weighted by Gasteiger charge is 2.36. The van der Waals surface area contributed by atoms with Crippen molar-refractivity contribution in [1.29, 1.82) is 0 Å². The summed E-state index contributed by atoms with van der Waals surface area (Å²) in [6, 6.07) is 3.81. The molecule has 1 aliphatic rings. The molecule has 0 nitrogen and oxygen atoms in total. The SMILES string of the molecule is Cc1cc(C(Cl)C2(C)CCCC2)cc(C)c1F. The highest BCUT2D eigenvalue weighted by molar-refractivity contribution is 6.21. The lowest BCUT2D eigenvalue weighted by atomic mass is 9.81. The topological polar surface area (TPSA) is 0 Å². The van der Waals surface area contributed by atoms with Gasteiger partial charge in [0.25, 0.3) is 0 Å². The molecule has 1 aromatic rings. The number of hydrogen-bond acceptors (Lipinski definition) is 0. The minimum atomic E-state index is -0.103. The lowest BCUT2D eigenvalue weighted by Crippen LogP contribution is -2.18. The molecule has 2 heteroatoms. The Labute approximate surface area is 108 Å². The number of aryl methyl sites for hydroxylation is 2. The highest BCUT2D eigenvalue weighted by atomic mass is 35.5. The zero-order valence-corrected chi connectivity index (χ0v) is 11.6. The average Bonchev–Trinajstić information content (AvgIpc) is 2.72. The smallest absolute Gasteiger partial charge is 0.129 e. The summed E-state index contributed by atoms with van der Waals surface area (Å²) in [5.74, 6) is -0.103. The first kappa shape index (κ1) is 12.9. The Hall–Kier alpha value is -0.560. The summed E-state index contributed by atoms with van der Waals surface area (Å²) in [5, 5.41) is 0.00278. The summed E-state index contributed by atoms with van der Waals surface area (Å²) in [5.41, 5.74) is 2.66. The van der Waals surface area contributed by atoms with Crippen molar-refractivity contribution in [2.75, 3.05) is 0 Å². The molecule has 0 radical (unpaired) electrons. The predicted molar refractivity (Wildman–Crippen MR) is 71.0 cm³/mol. The molecule has 1 aromatic carbocycles. The largest absolute Gasteiger partial charge is 0.206 e. The summed E-state index contributed by atoms with van der Waals surface area (Å²) in [4.78, 5) is 0. The van der Waals surface area contributed by atoms with E-state index in [0.717, 1.165) is 5.56 Å². The molecule has 2 rings (SSSR count). The number of hydrogen-bond donors (Lipinski definition) is 0. The van der Waals surface area contributed by atoms with Gasteiger partial charge in [-0.15, -0.1) is 11.6 Å². The van der Waals surface area contributed by atoms with Crippen molar-refractivity contribution in [3.8, 4) is 0 Å². The van der Waals surface area contributed by atoms with E-state index in [-0.39, 0.29) is 16.6 Å². The molecule has 0 aromatic heterocycles. The Balaban J connectivity index is 2.34. The molecule has 1 atom stereocenters. The maximum atomic E-state index is 13.6. The van der Waals surface area contributed by atoms with E-state index >= 15 is 0 Å². The average molecular weight is 255 g/mol. The van der Waals surface area contributed by atoms with Crippen LogP contribution in [-0.4, -0.2) is 0 Å². The van der Waals surface area contributed by atoms with E-state index in [1.807, 2.05) is 26.0 Å². The van der Waals surface area contributed by atoms with E-state index in [1.54, 1.807) is 0 Å². The Bertz CT molecular complexity index is 396. The molecule has 0 aliphatic heterocycles. The quantitative estimate of drug-likeness (QED) is 0.628. The third-order valence-corrected chi connectivity index (χ3v) is 4.89. The third kappa shape index (κ3) is 2.35. The second-order valence-corrected chi connectivity index (χ2v) is 6.13. The van der Waals surface area contributed by atoms with Gasteiger partial charge in [0.1, 0.15) is 5.82 Å².